The SMILES string of the molecule is O=[N+]([O-])c1cc(Cl)cc(S(=O)(=O)N(CP(=O)(O)O)c2cccc3ccccc23)c1. The van der Waals surface area contributed by atoms with Crippen LogP contribution < -0.4 is 4.31 Å². The van der Waals surface area contributed by atoms with E-state index in [1.54, 1.807) is 36.4 Å². The molecule has 3 rings (SSSR count). The fraction of sp³-hybridized carbons (Fsp3) is 0.0588. The van der Waals surface area contributed by atoms with Crippen molar-refractivity contribution in [3.63, 3.8) is 0 Å². The third-order valence-corrected chi connectivity index (χ3v) is 6.80. The van der Waals surface area contributed by atoms with Crippen LogP contribution in [0.15, 0.2) is 65.6 Å². The fourth-order valence-corrected chi connectivity index (χ4v) is 5.86. The molecule has 0 bridgehead atoms. The van der Waals surface area contributed by atoms with E-state index in [9.17, 15) is 32.9 Å². The summed E-state index contributed by atoms with van der Waals surface area (Å²) in [6.45, 7) is 0. The van der Waals surface area contributed by atoms with Crippen molar-refractivity contribution < 1.29 is 27.7 Å². The monoisotopic (exact) mass is 456 g/mol. The van der Waals surface area contributed by atoms with Gasteiger partial charge in [-0.3, -0.25) is 19.0 Å². The normalized spacial score (nSPS) is 12.1. The summed E-state index contributed by atoms with van der Waals surface area (Å²) >= 11 is 5.84. The van der Waals surface area contributed by atoms with Crippen molar-refractivity contribution in [2.45, 2.75) is 4.90 Å². The van der Waals surface area contributed by atoms with Gasteiger partial charge in [-0.25, -0.2) is 8.42 Å². The lowest BCUT2D eigenvalue weighted by Gasteiger charge is -2.26. The summed E-state index contributed by atoms with van der Waals surface area (Å²) in [4.78, 5) is 28.7. The van der Waals surface area contributed by atoms with Crippen molar-refractivity contribution in [2.75, 3.05) is 10.6 Å². The van der Waals surface area contributed by atoms with Gasteiger partial charge in [0.15, 0.2) is 0 Å². The highest BCUT2D eigenvalue weighted by atomic mass is 35.5. The Morgan fingerprint density at radius 2 is 1.72 bits per heavy atom. The molecule has 0 aliphatic heterocycles. The number of anilines is 1. The van der Waals surface area contributed by atoms with Crippen LogP contribution in [0.3, 0.4) is 0 Å². The molecule has 0 spiro atoms. The van der Waals surface area contributed by atoms with Crippen LogP contribution >= 0.6 is 19.2 Å². The maximum absolute atomic E-state index is 13.3. The Hall–Kier alpha value is -2.49. The van der Waals surface area contributed by atoms with Gasteiger partial charge in [-0.05, 0) is 17.5 Å². The minimum absolute atomic E-state index is 0.0223. The average molecular weight is 457 g/mol. The molecule has 2 N–H and O–H groups in total. The van der Waals surface area contributed by atoms with E-state index in [2.05, 4.69) is 0 Å². The summed E-state index contributed by atoms with van der Waals surface area (Å²) in [6, 6.07) is 14.1. The maximum Gasteiger partial charge on any atom is 0.345 e. The zero-order chi connectivity index (χ0) is 21.4. The number of sulfonamides is 1. The van der Waals surface area contributed by atoms with Crippen molar-refractivity contribution in [3.8, 4) is 0 Å². The van der Waals surface area contributed by atoms with Gasteiger partial charge in [-0.15, -0.1) is 0 Å². The highest BCUT2D eigenvalue weighted by Gasteiger charge is 2.33. The molecule has 0 aliphatic rings. The zero-order valence-electron chi connectivity index (χ0n) is 14.5. The number of benzene rings is 3. The number of non-ortho nitro benzene ring substituents is 1. The van der Waals surface area contributed by atoms with E-state index >= 15 is 0 Å². The molecule has 9 nitrogen and oxygen atoms in total. The molecule has 29 heavy (non-hydrogen) atoms. The standard InChI is InChI=1S/C17H14ClN2O7PS/c18-13-8-14(20(21)22)10-15(9-13)29(26,27)19(11-28(23,24)25)17-7-3-5-12-4-1-2-6-16(12)17/h1-10H,11H2,(H2,23,24,25). The molecule has 0 atom stereocenters. The average Bonchev–Trinajstić information content (AvgIpc) is 2.64. The molecular weight excluding hydrogens is 443 g/mol. The number of nitro groups is 1. The quantitative estimate of drug-likeness (QED) is 0.327. The van der Waals surface area contributed by atoms with E-state index in [4.69, 9.17) is 11.6 Å². The van der Waals surface area contributed by atoms with Crippen LogP contribution in [0, 0.1) is 10.1 Å². The molecule has 12 heteroatoms. The summed E-state index contributed by atoms with van der Waals surface area (Å²) in [6.07, 6.45) is -1.15. The molecule has 3 aromatic carbocycles. The predicted molar refractivity (Wildman–Crippen MR) is 109 cm³/mol. The van der Waals surface area contributed by atoms with Gasteiger partial charge in [0.25, 0.3) is 15.7 Å². The number of nitrogens with zero attached hydrogens (tertiary/aromatic N) is 2. The second-order valence-electron chi connectivity index (χ2n) is 6.06. The number of nitro benzene ring substituents is 1. The van der Waals surface area contributed by atoms with E-state index in [0.717, 1.165) is 18.2 Å². The number of hydrogen-bond acceptors (Lipinski definition) is 5. The molecule has 0 radical (unpaired) electrons. The minimum Gasteiger partial charge on any atom is -0.323 e. The van der Waals surface area contributed by atoms with E-state index in [-0.39, 0.29) is 10.7 Å². The number of rotatable bonds is 6. The van der Waals surface area contributed by atoms with Crippen molar-refractivity contribution >= 4 is 51.4 Å². The first-order valence-corrected chi connectivity index (χ1v) is 11.6. The predicted octanol–water partition coefficient (Wildman–Crippen LogP) is 3.73. The van der Waals surface area contributed by atoms with Gasteiger partial charge in [0.05, 0.1) is 15.5 Å². The topological polar surface area (TPSA) is 138 Å². The molecule has 0 fully saturated rings. The molecule has 152 valence electrons. The van der Waals surface area contributed by atoms with Gasteiger partial charge < -0.3 is 9.79 Å². The third kappa shape index (κ3) is 4.58. The Bertz CT molecular complexity index is 1250. The van der Waals surface area contributed by atoms with Crippen molar-refractivity contribution in [3.05, 3.63) is 75.8 Å². The summed E-state index contributed by atoms with van der Waals surface area (Å²) in [5, 5.41) is 12.0. The van der Waals surface area contributed by atoms with E-state index in [0.29, 0.717) is 15.1 Å². The maximum atomic E-state index is 13.3. The van der Waals surface area contributed by atoms with Crippen LogP contribution in [0.2, 0.25) is 5.02 Å². The van der Waals surface area contributed by atoms with Crippen molar-refractivity contribution in [1.29, 1.82) is 0 Å². The molecule has 3 aromatic rings. The summed E-state index contributed by atoms with van der Waals surface area (Å²) < 4.78 is 38.8. The Kier molecular flexibility index (Phi) is 5.66. The second-order valence-corrected chi connectivity index (χ2v) is 9.97. The highest BCUT2D eigenvalue weighted by molar-refractivity contribution is 7.93. The number of fused-ring (bicyclic) bond motifs is 1. The van der Waals surface area contributed by atoms with Crippen molar-refractivity contribution in [2.24, 2.45) is 0 Å². The Morgan fingerprint density at radius 1 is 1.07 bits per heavy atom. The number of halogens is 1. The van der Waals surface area contributed by atoms with Crippen molar-refractivity contribution in [1.82, 2.24) is 0 Å². The Morgan fingerprint density at radius 3 is 2.38 bits per heavy atom. The Labute approximate surface area is 170 Å². The molecule has 0 saturated carbocycles. The van der Waals surface area contributed by atoms with Crippen LogP contribution in [0.4, 0.5) is 11.4 Å². The lowest BCUT2D eigenvalue weighted by Crippen LogP contribution is -2.32. The van der Waals surface area contributed by atoms with E-state index in [1.807, 2.05) is 0 Å². The third-order valence-electron chi connectivity index (χ3n) is 4.00. The molecule has 0 aliphatic carbocycles. The first-order chi connectivity index (χ1) is 13.5. The van der Waals surface area contributed by atoms with Gasteiger partial charge in [-0.1, -0.05) is 48.0 Å². The van der Waals surface area contributed by atoms with Gasteiger partial charge in [0, 0.05) is 22.5 Å². The van der Waals surface area contributed by atoms with Crippen LogP contribution in [-0.2, 0) is 14.6 Å². The summed E-state index contributed by atoms with van der Waals surface area (Å²) in [7, 11) is -9.45. The smallest absolute Gasteiger partial charge is 0.323 e. The van der Waals surface area contributed by atoms with E-state index in [1.165, 1.54) is 6.07 Å². The largest absolute Gasteiger partial charge is 0.345 e. The summed E-state index contributed by atoms with van der Waals surface area (Å²) in [5.41, 5.74) is -0.542. The van der Waals surface area contributed by atoms with Gasteiger partial charge >= 0.3 is 7.60 Å². The first kappa shape index (κ1) is 21.2. The van der Waals surface area contributed by atoms with Crippen LogP contribution in [0.1, 0.15) is 0 Å². The summed E-state index contributed by atoms with van der Waals surface area (Å²) in [5.74, 6) is 0. The lowest BCUT2D eigenvalue weighted by molar-refractivity contribution is -0.385. The van der Waals surface area contributed by atoms with Crippen LogP contribution in [-0.4, -0.2) is 29.4 Å². The molecule has 0 saturated heterocycles. The fourth-order valence-electron chi connectivity index (χ4n) is 2.80. The lowest BCUT2D eigenvalue weighted by atomic mass is 10.1. The van der Waals surface area contributed by atoms with Gasteiger partial charge in [-0.2, -0.15) is 0 Å². The molecule has 0 aromatic heterocycles. The molecule has 0 unspecified atom stereocenters. The molecule has 0 heterocycles. The number of hydrogen-bond donors (Lipinski definition) is 2. The zero-order valence-corrected chi connectivity index (χ0v) is 17.0. The van der Waals surface area contributed by atoms with Crippen LogP contribution in [0.5, 0.6) is 0 Å². The van der Waals surface area contributed by atoms with Gasteiger partial charge in [0.1, 0.15) is 6.29 Å². The van der Waals surface area contributed by atoms with Gasteiger partial charge in [0.2, 0.25) is 0 Å². The van der Waals surface area contributed by atoms with E-state index < -0.39 is 39.4 Å². The van der Waals surface area contributed by atoms with Crippen LogP contribution in [0.25, 0.3) is 10.8 Å². The first-order valence-electron chi connectivity index (χ1n) is 7.99. The second kappa shape index (κ2) is 7.74. The molecular formula is C17H14ClN2O7PS. The highest BCUT2D eigenvalue weighted by Crippen LogP contribution is 2.41. The minimum atomic E-state index is -4.85. The molecule has 0 amide bonds. The Balaban J connectivity index is 2.27.